The lowest BCUT2D eigenvalue weighted by Crippen LogP contribution is -2.26. The second kappa shape index (κ2) is 7.36. The van der Waals surface area contributed by atoms with Crippen molar-refractivity contribution in [3.8, 4) is 0 Å². The van der Waals surface area contributed by atoms with Gasteiger partial charge in [-0.05, 0) is 24.6 Å². The highest BCUT2D eigenvalue weighted by molar-refractivity contribution is 6.09. The third-order valence-electron chi connectivity index (χ3n) is 4.28. The molecule has 0 saturated carbocycles. The van der Waals surface area contributed by atoms with Crippen molar-refractivity contribution in [3.63, 3.8) is 0 Å². The number of hydrogen-bond donors (Lipinski definition) is 4. The average Bonchev–Trinajstić information content (AvgIpc) is 3.33. The van der Waals surface area contributed by atoms with Crippen molar-refractivity contribution in [2.75, 3.05) is 5.32 Å². The number of aromatic nitrogens is 4. The van der Waals surface area contributed by atoms with Crippen LogP contribution in [0.15, 0.2) is 54.9 Å². The minimum absolute atomic E-state index is 0.00172. The van der Waals surface area contributed by atoms with Crippen LogP contribution in [-0.4, -0.2) is 31.8 Å². The van der Waals surface area contributed by atoms with Crippen molar-refractivity contribution in [2.24, 2.45) is 0 Å². The van der Waals surface area contributed by atoms with E-state index >= 15 is 0 Å². The van der Waals surface area contributed by atoms with Crippen LogP contribution in [-0.2, 0) is 6.54 Å². The van der Waals surface area contributed by atoms with Gasteiger partial charge in [0.05, 0.1) is 17.4 Å². The predicted molar refractivity (Wildman–Crippen MR) is 105 cm³/mol. The van der Waals surface area contributed by atoms with Gasteiger partial charge < -0.3 is 15.3 Å². The zero-order valence-electron chi connectivity index (χ0n) is 15.1. The maximum Gasteiger partial charge on any atom is 0.279 e. The Morgan fingerprint density at radius 2 is 1.82 bits per heavy atom. The number of carbonyl (C=O) groups excluding carboxylic acids is 2. The summed E-state index contributed by atoms with van der Waals surface area (Å²) in [7, 11) is 0. The van der Waals surface area contributed by atoms with E-state index in [1.54, 1.807) is 0 Å². The van der Waals surface area contributed by atoms with Crippen molar-refractivity contribution in [3.05, 3.63) is 77.4 Å². The van der Waals surface area contributed by atoms with Crippen LogP contribution in [0.2, 0.25) is 0 Å². The molecule has 4 N–H and O–H groups in total. The van der Waals surface area contributed by atoms with Crippen LogP contribution in [0.4, 0.5) is 5.95 Å². The molecule has 4 rings (SSSR count). The smallest absolute Gasteiger partial charge is 0.279 e. The minimum Gasteiger partial charge on any atom is -0.347 e. The van der Waals surface area contributed by atoms with Gasteiger partial charge in [0.2, 0.25) is 5.95 Å². The number of aryl methyl sites for hydroxylation is 1. The second-order valence-corrected chi connectivity index (χ2v) is 6.35. The van der Waals surface area contributed by atoms with Crippen molar-refractivity contribution in [1.29, 1.82) is 0 Å². The van der Waals surface area contributed by atoms with Gasteiger partial charge in [0, 0.05) is 6.54 Å². The van der Waals surface area contributed by atoms with Gasteiger partial charge in [-0.15, -0.1) is 0 Å². The zero-order chi connectivity index (χ0) is 19.5. The molecule has 0 atom stereocenters. The lowest BCUT2D eigenvalue weighted by atomic mass is 10.1. The summed E-state index contributed by atoms with van der Waals surface area (Å²) in [6, 6.07) is 15.3. The second-order valence-electron chi connectivity index (χ2n) is 6.35. The number of amides is 2. The van der Waals surface area contributed by atoms with Crippen molar-refractivity contribution in [1.82, 2.24) is 25.3 Å². The molecule has 0 saturated heterocycles. The van der Waals surface area contributed by atoms with Gasteiger partial charge in [-0.1, -0.05) is 42.0 Å². The van der Waals surface area contributed by atoms with E-state index in [-0.39, 0.29) is 11.4 Å². The molecule has 140 valence electrons. The fourth-order valence-corrected chi connectivity index (χ4v) is 2.79. The number of rotatable bonds is 5. The molecule has 2 heterocycles. The van der Waals surface area contributed by atoms with Gasteiger partial charge in [-0.25, -0.2) is 9.97 Å². The van der Waals surface area contributed by atoms with Crippen LogP contribution in [0, 0.1) is 6.92 Å². The standard InChI is InChI=1S/C20H18N6O2/c1-12-6-8-13(9-7-12)10-21-18(27)16-17(23-11-22-16)19(28)26-20-24-14-4-2-3-5-15(14)25-20/h2-9,11H,10H2,1H3,(H,21,27)(H,22,23)(H2,24,25,26,28). The van der Waals surface area contributed by atoms with E-state index in [9.17, 15) is 9.59 Å². The summed E-state index contributed by atoms with van der Waals surface area (Å²) in [6.07, 6.45) is 1.31. The van der Waals surface area contributed by atoms with Gasteiger partial charge in [0.25, 0.3) is 11.8 Å². The molecular formula is C20H18N6O2. The Morgan fingerprint density at radius 3 is 2.61 bits per heavy atom. The lowest BCUT2D eigenvalue weighted by molar-refractivity contribution is 0.0933. The van der Waals surface area contributed by atoms with E-state index in [0.717, 1.165) is 22.2 Å². The maximum absolute atomic E-state index is 12.6. The van der Waals surface area contributed by atoms with Crippen molar-refractivity contribution >= 4 is 28.8 Å². The lowest BCUT2D eigenvalue weighted by Gasteiger charge is -2.06. The number of benzene rings is 2. The summed E-state index contributed by atoms with van der Waals surface area (Å²) in [4.78, 5) is 39.0. The van der Waals surface area contributed by atoms with E-state index in [0.29, 0.717) is 12.5 Å². The van der Waals surface area contributed by atoms with Crippen LogP contribution < -0.4 is 10.6 Å². The normalized spacial score (nSPS) is 10.8. The highest BCUT2D eigenvalue weighted by atomic mass is 16.2. The summed E-state index contributed by atoms with van der Waals surface area (Å²) in [5.41, 5.74) is 3.74. The molecule has 0 bridgehead atoms. The SMILES string of the molecule is Cc1ccc(CNC(=O)c2[nH]cnc2C(=O)Nc2nc3ccccc3[nH]2)cc1. The number of nitrogens with zero attached hydrogens (tertiary/aromatic N) is 2. The minimum atomic E-state index is -0.527. The van der Waals surface area contributed by atoms with Gasteiger partial charge >= 0.3 is 0 Å². The van der Waals surface area contributed by atoms with Gasteiger partial charge in [-0.2, -0.15) is 0 Å². The first-order valence-electron chi connectivity index (χ1n) is 8.73. The Hall–Kier alpha value is -3.94. The average molecular weight is 374 g/mol. The molecule has 0 radical (unpaired) electrons. The molecule has 0 aliphatic heterocycles. The number of anilines is 1. The molecule has 2 aromatic carbocycles. The zero-order valence-corrected chi connectivity index (χ0v) is 15.1. The predicted octanol–water partition coefficient (Wildman–Crippen LogP) is 2.78. The molecule has 2 aromatic heterocycles. The van der Waals surface area contributed by atoms with Crippen LogP contribution in [0.3, 0.4) is 0 Å². The summed E-state index contributed by atoms with van der Waals surface area (Å²) in [5, 5.41) is 5.43. The first-order valence-corrected chi connectivity index (χ1v) is 8.73. The third kappa shape index (κ3) is 3.61. The van der Waals surface area contributed by atoms with E-state index in [1.165, 1.54) is 6.33 Å². The summed E-state index contributed by atoms with van der Waals surface area (Å²) >= 11 is 0. The Morgan fingerprint density at radius 1 is 1.04 bits per heavy atom. The molecule has 0 unspecified atom stereocenters. The number of hydrogen-bond acceptors (Lipinski definition) is 4. The Bertz CT molecular complexity index is 1110. The number of para-hydroxylation sites is 2. The number of imidazole rings is 2. The Kier molecular flexibility index (Phi) is 4.59. The molecule has 8 nitrogen and oxygen atoms in total. The van der Waals surface area contributed by atoms with Crippen LogP contribution in [0.5, 0.6) is 0 Å². The maximum atomic E-state index is 12.6. The number of nitrogens with one attached hydrogen (secondary N) is 4. The topological polar surface area (TPSA) is 116 Å². The molecule has 0 aliphatic carbocycles. The van der Waals surface area contributed by atoms with E-state index in [4.69, 9.17) is 0 Å². The Labute approximate surface area is 160 Å². The van der Waals surface area contributed by atoms with E-state index in [2.05, 4.69) is 30.6 Å². The molecule has 8 heteroatoms. The molecular weight excluding hydrogens is 356 g/mol. The van der Waals surface area contributed by atoms with E-state index in [1.807, 2.05) is 55.5 Å². The van der Waals surface area contributed by atoms with Crippen molar-refractivity contribution in [2.45, 2.75) is 13.5 Å². The molecule has 4 aromatic rings. The first kappa shape index (κ1) is 17.5. The largest absolute Gasteiger partial charge is 0.347 e. The number of carbonyl (C=O) groups is 2. The van der Waals surface area contributed by atoms with Gasteiger partial charge in [0.15, 0.2) is 5.69 Å². The molecule has 2 amide bonds. The number of aromatic amines is 2. The number of H-pyrrole nitrogens is 2. The summed E-state index contributed by atoms with van der Waals surface area (Å²) in [6.45, 7) is 2.35. The van der Waals surface area contributed by atoms with Crippen LogP contribution >= 0.6 is 0 Å². The molecule has 0 fully saturated rings. The van der Waals surface area contributed by atoms with Gasteiger partial charge in [0.1, 0.15) is 5.69 Å². The summed E-state index contributed by atoms with van der Waals surface area (Å²) < 4.78 is 0. The monoisotopic (exact) mass is 374 g/mol. The van der Waals surface area contributed by atoms with Crippen LogP contribution in [0.1, 0.15) is 32.1 Å². The molecule has 28 heavy (non-hydrogen) atoms. The molecule has 0 aliphatic rings. The highest BCUT2D eigenvalue weighted by Crippen LogP contribution is 2.14. The van der Waals surface area contributed by atoms with Gasteiger partial charge in [-0.3, -0.25) is 14.9 Å². The Balaban J connectivity index is 1.45. The third-order valence-corrected chi connectivity index (χ3v) is 4.28. The van der Waals surface area contributed by atoms with E-state index < -0.39 is 11.8 Å². The molecule has 0 spiro atoms. The quantitative estimate of drug-likeness (QED) is 0.430. The summed E-state index contributed by atoms with van der Waals surface area (Å²) in [5.74, 6) is -0.645. The fraction of sp³-hybridized carbons (Fsp3) is 0.100. The van der Waals surface area contributed by atoms with Crippen LogP contribution in [0.25, 0.3) is 11.0 Å². The number of fused-ring (bicyclic) bond motifs is 1. The van der Waals surface area contributed by atoms with Crippen molar-refractivity contribution < 1.29 is 9.59 Å². The fourth-order valence-electron chi connectivity index (χ4n) is 2.79. The first-order chi connectivity index (χ1) is 13.6. The highest BCUT2D eigenvalue weighted by Gasteiger charge is 2.21.